The van der Waals surface area contributed by atoms with Crippen LogP contribution in [-0.4, -0.2) is 58.9 Å². The molecule has 190 valence electrons. The predicted molar refractivity (Wildman–Crippen MR) is 128 cm³/mol. The third-order valence-corrected chi connectivity index (χ3v) is 6.44. The van der Waals surface area contributed by atoms with Crippen molar-refractivity contribution in [2.24, 2.45) is 0 Å². The zero-order valence-electron chi connectivity index (χ0n) is 20.5. The Kier molecular flexibility index (Phi) is 7.09. The Morgan fingerprint density at radius 1 is 1.11 bits per heavy atom. The van der Waals surface area contributed by atoms with Crippen LogP contribution in [0.15, 0.2) is 36.5 Å². The first kappa shape index (κ1) is 25.3. The minimum atomic E-state index is -4.82. The van der Waals surface area contributed by atoms with E-state index in [9.17, 15) is 18.0 Å². The van der Waals surface area contributed by atoms with Gasteiger partial charge in [-0.15, -0.1) is 5.10 Å². The third-order valence-electron chi connectivity index (χ3n) is 6.44. The maximum absolute atomic E-state index is 13.6. The van der Waals surface area contributed by atoms with Gasteiger partial charge in [0.25, 0.3) is 0 Å². The van der Waals surface area contributed by atoms with E-state index in [-0.39, 0.29) is 12.0 Å². The Bertz CT molecular complexity index is 1250. The number of ether oxygens (including phenoxy) is 1. The highest BCUT2D eigenvalue weighted by molar-refractivity contribution is 5.90. The van der Waals surface area contributed by atoms with E-state index in [1.54, 1.807) is 4.90 Å². The maximum Gasteiger partial charge on any atom is 0.434 e. The summed E-state index contributed by atoms with van der Waals surface area (Å²) in [6.45, 7) is 7.30. The molecule has 0 radical (unpaired) electrons. The second-order valence-electron chi connectivity index (χ2n) is 8.79. The van der Waals surface area contributed by atoms with Gasteiger partial charge in [0.2, 0.25) is 5.95 Å². The van der Waals surface area contributed by atoms with Gasteiger partial charge in [-0.05, 0) is 37.5 Å². The van der Waals surface area contributed by atoms with Gasteiger partial charge in [0.1, 0.15) is 5.56 Å². The van der Waals surface area contributed by atoms with Crippen molar-refractivity contribution in [1.82, 2.24) is 20.2 Å². The van der Waals surface area contributed by atoms with Crippen LogP contribution in [0.3, 0.4) is 0 Å². The normalized spacial score (nSPS) is 16.2. The molecule has 0 bridgehead atoms. The predicted octanol–water partition coefficient (Wildman–Crippen LogP) is 3.99. The van der Waals surface area contributed by atoms with Crippen molar-refractivity contribution >= 4 is 17.7 Å². The molecule has 1 aliphatic rings. The first-order valence-corrected chi connectivity index (χ1v) is 11.5. The number of rotatable bonds is 5. The average Bonchev–Trinajstić information content (AvgIpc) is 2.86. The molecule has 3 heterocycles. The van der Waals surface area contributed by atoms with E-state index in [0.29, 0.717) is 26.1 Å². The first-order chi connectivity index (χ1) is 17.1. The summed E-state index contributed by atoms with van der Waals surface area (Å²) < 4.78 is 45.2. The van der Waals surface area contributed by atoms with E-state index in [1.165, 1.54) is 0 Å². The number of anilines is 2. The van der Waals surface area contributed by atoms with E-state index in [0.717, 1.165) is 41.5 Å². The molecular formula is C25H27F3N6O2. The minimum Gasteiger partial charge on any atom is -0.465 e. The van der Waals surface area contributed by atoms with Gasteiger partial charge in [-0.25, -0.2) is 14.8 Å². The van der Waals surface area contributed by atoms with Crippen molar-refractivity contribution in [2.45, 2.75) is 39.4 Å². The van der Waals surface area contributed by atoms with E-state index in [1.807, 2.05) is 39.0 Å². The van der Waals surface area contributed by atoms with Crippen LogP contribution in [-0.2, 0) is 17.3 Å². The van der Waals surface area contributed by atoms with Gasteiger partial charge in [-0.3, -0.25) is 0 Å². The number of benzene rings is 1. The summed E-state index contributed by atoms with van der Waals surface area (Å²) in [6, 6.07) is 9.84. The van der Waals surface area contributed by atoms with Gasteiger partial charge in [0.15, 0.2) is 11.5 Å². The highest BCUT2D eigenvalue weighted by Gasteiger charge is 2.39. The lowest BCUT2D eigenvalue weighted by atomic mass is 10.0. The molecule has 0 unspecified atom stereocenters. The molecule has 2 aromatic heterocycles. The summed E-state index contributed by atoms with van der Waals surface area (Å²) in [5.74, 6) is -0.458. The van der Waals surface area contributed by atoms with Gasteiger partial charge in [0, 0.05) is 38.3 Å². The quantitative estimate of drug-likeness (QED) is 0.487. The Hall–Kier alpha value is -3.76. The van der Waals surface area contributed by atoms with Gasteiger partial charge >= 0.3 is 12.1 Å². The number of hydrogen-bond acceptors (Lipinski definition) is 8. The van der Waals surface area contributed by atoms with E-state index >= 15 is 0 Å². The summed E-state index contributed by atoms with van der Waals surface area (Å²) >= 11 is 0. The molecular weight excluding hydrogens is 473 g/mol. The first-order valence-electron chi connectivity index (χ1n) is 11.5. The van der Waals surface area contributed by atoms with Crippen LogP contribution in [0.2, 0.25) is 0 Å². The molecule has 1 aromatic carbocycles. The Balaban J connectivity index is 1.54. The minimum absolute atomic E-state index is 0.0840. The van der Waals surface area contributed by atoms with Gasteiger partial charge < -0.3 is 14.5 Å². The van der Waals surface area contributed by atoms with E-state index in [4.69, 9.17) is 0 Å². The number of alkyl halides is 3. The number of esters is 1. The smallest absolute Gasteiger partial charge is 0.434 e. The van der Waals surface area contributed by atoms with Crippen LogP contribution in [0.4, 0.5) is 24.9 Å². The molecule has 1 atom stereocenters. The van der Waals surface area contributed by atoms with Crippen LogP contribution in [0, 0.1) is 13.8 Å². The van der Waals surface area contributed by atoms with Crippen molar-refractivity contribution in [3.05, 3.63) is 70.2 Å². The standard InChI is InChI=1S/C25H27F3N6O2/c1-15-14-33(22-17(3)16(2)20(31-32-22)12-18-8-6-5-7-9-18)10-11-34(15)24-29-13-19(23(35)36-4)21(30-24)25(26,27)28/h5-9,13,15H,10-12,14H2,1-4H3/t15-/m1/s1. The highest BCUT2D eigenvalue weighted by Crippen LogP contribution is 2.33. The summed E-state index contributed by atoms with van der Waals surface area (Å²) in [5, 5.41) is 8.99. The van der Waals surface area contributed by atoms with Crippen molar-refractivity contribution in [3.8, 4) is 0 Å². The fraction of sp³-hybridized carbons (Fsp3) is 0.400. The number of methoxy groups -OCH3 is 1. The van der Waals surface area contributed by atoms with Crippen molar-refractivity contribution in [2.75, 3.05) is 36.5 Å². The second kappa shape index (κ2) is 10.1. The Morgan fingerprint density at radius 3 is 2.47 bits per heavy atom. The lowest BCUT2D eigenvalue weighted by molar-refractivity contribution is -0.141. The highest BCUT2D eigenvalue weighted by atomic mass is 19.4. The Morgan fingerprint density at radius 2 is 1.83 bits per heavy atom. The fourth-order valence-corrected chi connectivity index (χ4v) is 4.33. The van der Waals surface area contributed by atoms with E-state index < -0.39 is 23.4 Å². The lowest BCUT2D eigenvalue weighted by Gasteiger charge is -2.41. The largest absolute Gasteiger partial charge is 0.465 e. The maximum atomic E-state index is 13.6. The molecule has 0 amide bonds. The summed E-state index contributed by atoms with van der Waals surface area (Å²) in [5.41, 5.74) is 2.14. The van der Waals surface area contributed by atoms with Gasteiger partial charge in [-0.1, -0.05) is 30.3 Å². The number of halogens is 3. The lowest BCUT2D eigenvalue weighted by Crippen LogP contribution is -2.53. The molecule has 0 N–H and O–H groups in total. The van der Waals surface area contributed by atoms with Gasteiger partial charge in [0.05, 0.1) is 12.8 Å². The number of nitrogens with zero attached hydrogens (tertiary/aromatic N) is 6. The van der Waals surface area contributed by atoms with Crippen LogP contribution in [0.25, 0.3) is 0 Å². The summed E-state index contributed by atoms with van der Waals surface area (Å²) in [7, 11) is 1.01. The van der Waals surface area contributed by atoms with Crippen LogP contribution >= 0.6 is 0 Å². The van der Waals surface area contributed by atoms with Crippen LogP contribution in [0.5, 0.6) is 0 Å². The third kappa shape index (κ3) is 5.09. The monoisotopic (exact) mass is 500 g/mol. The average molecular weight is 501 g/mol. The number of carbonyl (C=O) groups excluding carboxylic acids is 1. The molecule has 0 spiro atoms. The molecule has 36 heavy (non-hydrogen) atoms. The van der Waals surface area contributed by atoms with Crippen molar-refractivity contribution in [1.29, 1.82) is 0 Å². The van der Waals surface area contributed by atoms with Crippen molar-refractivity contribution < 1.29 is 22.7 Å². The fourth-order valence-electron chi connectivity index (χ4n) is 4.33. The van der Waals surface area contributed by atoms with E-state index in [2.05, 4.69) is 41.9 Å². The topological polar surface area (TPSA) is 84.3 Å². The molecule has 1 saturated heterocycles. The molecule has 0 aliphatic carbocycles. The number of aromatic nitrogens is 4. The SMILES string of the molecule is COC(=O)c1cnc(N2CCN(c3nnc(Cc4ccccc4)c(C)c3C)C[C@H]2C)nc1C(F)(F)F. The number of carbonyl (C=O) groups is 1. The summed E-state index contributed by atoms with van der Waals surface area (Å²) in [4.78, 5) is 23.3. The molecule has 4 rings (SSSR count). The van der Waals surface area contributed by atoms with Crippen LogP contribution < -0.4 is 9.80 Å². The molecule has 1 aliphatic heterocycles. The van der Waals surface area contributed by atoms with Crippen LogP contribution in [0.1, 0.15) is 45.4 Å². The molecule has 11 heteroatoms. The molecule has 3 aromatic rings. The number of hydrogen-bond donors (Lipinski definition) is 0. The van der Waals surface area contributed by atoms with Crippen molar-refractivity contribution in [3.63, 3.8) is 0 Å². The zero-order chi connectivity index (χ0) is 26.0. The molecule has 8 nitrogen and oxygen atoms in total. The second-order valence-corrected chi connectivity index (χ2v) is 8.79. The summed E-state index contributed by atoms with van der Waals surface area (Å²) in [6.07, 6.45) is -3.26. The molecule has 0 saturated carbocycles. The Labute approximate surface area is 207 Å². The molecule has 1 fully saturated rings. The zero-order valence-corrected chi connectivity index (χ0v) is 20.5. The van der Waals surface area contributed by atoms with Gasteiger partial charge in [-0.2, -0.15) is 18.3 Å². The number of piperazine rings is 1.